The maximum atomic E-state index is 11.7. The Balaban J connectivity index is 4.08. The first kappa shape index (κ1) is 33.2. The van der Waals surface area contributed by atoms with E-state index in [0.29, 0.717) is 11.5 Å². The fourth-order valence-corrected chi connectivity index (χ4v) is 3.03. The van der Waals surface area contributed by atoms with Crippen LogP contribution < -0.4 is 10.9 Å². The molecule has 0 fully saturated rings. The molecule has 0 bridgehead atoms. The van der Waals surface area contributed by atoms with E-state index in [1.165, 1.54) is 11.8 Å². The van der Waals surface area contributed by atoms with E-state index in [0.717, 1.165) is 12.4 Å². The lowest BCUT2D eigenvalue weighted by molar-refractivity contribution is -0.121. The zero-order chi connectivity index (χ0) is 27.0. The monoisotopic (exact) mass is 530 g/mol. The van der Waals surface area contributed by atoms with Gasteiger partial charge in [0.1, 0.15) is 48.8 Å². The van der Waals surface area contributed by atoms with Gasteiger partial charge in [0.05, 0.1) is 25.6 Å². The molecule has 2 amide bonds. The van der Waals surface area contributed by atoms with Crippen molar-refractivity contribution in [2.75, 3.05) is 24.7 Å². The van der Waals surface area contributed by atoms with Crippen molar-refractivity contribution < 1.29 is 60.7 Å². The number of hydrogen-bond acceptors (Lipinski definition) is 15. The molecular formula is C18H34N4O12S. The molecule has 0 spiro atoms. The van der Waals surface area contributed by atoms with Gasteiger partial charge in [0, 0.05) is 24.3 Å². The summed E-state index contributed by atoms with van der Waals surface area (Å²) in [5.41, 5.74) is 4.16. The molecule has 8 unspecified atom stereocenters. The zero-order valence-electron chi connectivity index (χ0n) is 18.6. The lowest BCUT2D eigenvalue weighted by Crippen LogP contribution is -2.46. The largest absolute Gasteiger partial charge is 0.394 e. The second kappa shape index (κ2) is 18.5. The molecular weight excluding hydrogens is 496 g/mol. The van der Waals surface area contributed by atoms with Crippen LogP contribution in [-0.4, -0.2) is 149 Å². The number of aliphatic hydroxyl groups excluding tert-OH is 10. The van der Waals surface area contributed by atoms with Crippen LogP contribution in [0.15, 0.2) is 10.2 Å². The topological polar surface area (TPSA) is 285 Å². The van der Waals surface area contributed by atoms with Gasteiger partial charge in [0.15, 0.2) is 0 Å². The van der Waals surface area contributed by atoms with Gasteiger partial charge >= 0.3 is 0 Å². The predicted molar refractivity (Wildman–Crippen MR) is 122 cm³/mol. The maximum Gasteiger partial charge on any atom is 0.240 e. The Morgan fingerprint density at radius 2 is 1.00 bits per heavy atom. The van der Waals surface area contributed by atoms with E-state index >= 15 is 0 Å². The summed E-state index contributed by atoms with van der Waals surface area (Å²) in [6, 6.07) is 0. The van der Waals surface area contributed by atoms with Gasteiger partial charge in [-0.05, 0) is 0 Å². The molecule has 0 aliphatic carbocycles. The highest BCUT2D eigenvalue weighted by molar-refractivity contribution is 7.99. The molecule has 17 heteroatoms. The highest BCUT2D eigenvalue weighted by Crippen LogP contribution is 2.06. The van der Waals surface area contributed by atoms with E-state index in [2.05, 4.69) is 21.1 Å². The Kier molecular flexibility index (Phi) is 17.6. The molecule has 0 aromatic heterocycles. The van der Waals surface area contributed by atoms with E-state index in [1.807, 2.05) is 0 Å². The van der Waals surface area contributed by atoms with Crippen LogP contribution in [0.5, 0.6) is 0 Å². The maximum absolute atomic E-state index is 11.7. The number of nitrogens with zero attached hydrogens (tertiary/aromatic N) is 2. The van der Waals surface area contributed by atoms with Crippen LogP contribution in [0.25, 0.3) is 0 Å². The minimum absolute atomic E-state index is 0.00161. The molecule has 0 saturated carbocycles. The number of rotatable bonds is 18. The number of aliphatic hydroxyl groups is 10. The molecule has 12 N–H and O–H groups in total. The zero-order valence-corrected chi connectivity index (χ0v) is 19.4. The standard InChI is InChI=1S/C18H34N4O12S/c23-7-11(27)17(33)15(31)9(25)5-19-21-13(29)1-3-35-4-2-14(30)22-20-6-10(26)16(32)18(34)12(28)8-24/h5-6,9-12,15-18,23-28,31-34H,1-4,7-8H2,(H,21,29)(H,22,30)/b19-5+,20-6+. The van der Waals surface area contributed by atoms with Crippen LogP contribution in [0.1, 0.15) is 12.8 Å². The minimum atomic E-state index is -1.84. The van der Waals surface area contributed by atoms with Crippen molar-refractivity contribution in [2.45, 2.75) is 61.7 Å². The van der Waals surface area contributed by atoms with Crippen molar-refractivity contribution in [3.63, 3.8) is 0 Å². The average molecular weight is 531 g/mol. The van der Waals surface area contributed by atoms with Gasteiger partial charge in [-0.1, -0.05) is 0 Å². The quantitative estimate of drug-likeness (QED) is 0.0446. The van der Waals surface area contributed by atoms with E-state index in [4.69, 9.17) is 10.2 Å². The summed E-state index contributed by atoms with van der Waals surface area (Å²) in [6.07, 6.45) is -12.6. The second-order valence-electron chi connectivity index (χ2n) is 7.18. The van der Waals surface area contributed by atoms with Gasteiger partial charge in [0.25, 0.3) is 0 Å². The average Bonchev–Trinajstić information content (AvgIpc) is 2.85. The lowest BCUT2D eigenvalue weighted by Gasteiger charge is -2.23. The van der Waals surface area contributed by atoms with Crippen molar-refractivity contribution in [3.8, 4) is 0 Å². The summed E-state index contributed by atoms with van der Waals surface area (Å²) in [7, 11) is 0. The third-order valence-electron chi connectivity index (χ3n) is 4.34. The summed E-state index contributed by atoms with van der Waals surface area (Å²) in [5, 5.41) is 99.9. The van der Waals surface area contributed by atoms with Gasteiger partial charge in [-0.15, -0.1) is 0 Å². The molecule has 0 saturated heterocycles. The number of thioether (sulfide) groups is 1. The molecule has 8 atom stereocenters. The third-order valence-corrected chi connectivity index (χ3v) is 5.33. The van der Waals surface area contributed by atoms with Gasteiger partial charge in [0.2, 0.25) is 11.8 Å². The number of nitrogens with one attached hydrogen (secondary N) is 2. The summed E-state index contributed by atoms with van der Waals surface area (Å²) < 4.78 is 0. The first-order valence-electron chi connectivity index (χ1n) is 10.3. The first-order valence-corrected chi connectivity index (χ1v) is 11.5. The number of carbonyl (C=O) groups is 2. The smallest absolute Gasteiger partial charge is 0.240 e. The Morgan fingerprint density at radius 3 is 1.31 bits per heavy atom. The normalized spacial score (nSPS) is 19.0. The predicted octanol–water partition coefficient (Wildman–Crippen LogP) is -6.42. The summed E-state index contributed by atoms with van der Waals surface area (Å²) in [4.78, 5) is 23.3. The highest BCUT2D eigenvalue weighted by atomic mass is 32.2. The molecule has 0 aromatic rings. The van der Waals surface area contributed by atoms with Crippen LogP contribution in [0, 0.1) is 0 Å². The number of hydrazone groups is 2. The molecule has 0 radical (unpaired) electrons. The number of hydrogen-bond donors (Lipinski definition) is 12. The van der Waals surface area contributed by atoms with Crippen LogP contribution in [-0.2, 0) is 9.59 Å². The Morgan fingerprint density at radius 1 is 0.657 bits per heavy atom. The molecule has 0 aliphatic rings. The van der Waals surface area contributed by atoms with E-state index in [-0.39, 0.29) is 12.8 Å². The molecule has 0 aliphatic heterocycles. The van der Waals surface area contributed by atoms with E-state index in [1.54, 1.807) is 0 Å². The molecule has 35 heavy (non-hydrogen) atoms. The van der Waals surface area contributed by atoms with Gasteiger partial charge in [-0.25, -0.2) is 10.9 Å². The van der Waals surface area contributed by atoms with Crippen LogP contribution in [0.3, 0.4) is 0 Å². The second-order valence-corrected chi connectivity index (χ2v) is 8.41. The number of carbonyl (C=O) groups excluding carboxylic acids is 2. The van der Waals surface area contributed by atoms with Crippen molar-refractivity contribution in [1.82, 2.24) is 10.9 Å². The summed E-state index contributed by atoms with van der Waals surface area (Å²) in [6.45, 7) is -1.66. The minimum Gasteiger partial charge on any atom is -0.394 e. The molecule has 0 rings (SSSR count). The van der Waals surface area contributed by atoms with E-state index < -0.39 is 73.9 Å². The van der Waals surface area contributed by atoms with Crippen molar-refractivity contribution >= 4 is 36.0 Å². The SMILES string of the molecule is O=C(CCSCCC(=O)N/N=C/C(O)C(O)C(O)C(O)CO)N/N=C/C(O)C(O)C(O)C(O)CO. The van der Waals surface area contributed by atoms with Gasteiger partial charge in [-0.2, -0.15) is 22.0 Å². The molecule has 204 valence electrons. The Labute approximate surface area is 204 Å². The fraction of sp³-hybridized carbons (Fsp3) is 0.778. The number of amides is 2. The van der Waals surface area contributed by atoms with Crippen LogP contribution in [0.2, 0.25) is 0 Å². The van der Waals surface area contributed by atoms with Crippen LogP contribution >= 0.6 is 11.8 Å². The van der Waals surface area contributed by atoms with Crippen molar-refractivity contribution in [2.24, 2.45) is 10.2 Å². The molecule has 0 heterocycles. The third kappa shape index (κ3) is 13.8. The van der Waals surface area contributed by atoms with Gasteiger partial charge in [-0.3, -0.25) is 9.59 Å². The van der Waals surface area contributed by atoms with E-state index in [9.17, 15) is 50.4 Å². The Bertz CT molecular complexity index is 619. The van der Waals surface area contributed by atoms with Gasteiger partial charge < -0.3 is 51.1 Å². The molecule has 0 aromatic carbocycles. The first-order chi connectivity index (χ1) is 16.5. The summed E-state index contributed by atoms with van der Waals surface area (Å²) >= 11 is 1.25. The highest BCUT2D eigenvalue weighted by Gasteiger charge is 2.30. The van der Waals surface area contributed by atoms with Crippen molar-refractivity contribution in [3.05, 3.63) is 0 Å². The molecule has 16 nitrogen and oxygen atoms in total. The fourth-order valence-electron chi connectivity index (χ4n) is 2.17. The van der Waals surface area contributed by atoms with Crippen LogP contribution in [0.4, 0.5) is 0 Å². The Hall–Kier alpha value is -1.77. The lowest BCUT2D eigenvalue weighted by atomic mass is 10.0. The van der Waals surface area contributed by atoms with Crippen molar-refractivity contribution in [1.29, 1.82) is 0 Å². The summed E-state index contributed by atoms with van der Waals surface area (Å²) in [5.74, 6) is -0.469.